The van der Waals surface area contributed by atoms with Crippen LogP contribution in [-0.2, 0) is 0 Å². The zero-order valence-corrected chi connectivity index (χ0v) is 8.49. The molecule has 1 heterocycles. The van der Waals surface area contributed by atoms with Gasteiger partial charge in [-0.2, -0.15) is 0 Å². The first kappa shape index (κ1) is 9.05. The van der Waals surface area contributed by atoms with Crippen LogP contribution in [0.3, 0.4) is 0 Å². The van der Waals surface area contributed by atoms with Crippen molar-refractivity contribution < 1.29 is 0 Å². The van der Waals surface area contributed by atoms with Crippen LogP contribution in [0.4, 0.5) is 0 Å². The van der Waals surface area contributed by atoms with E-state index >= 15 is 0 Å². The van der Waals surface area contributed by atoms with Gasteiger partial charge in [0.2, 0.25) is 0 Å². The molecule has 1 aliphatic rings. The maximum absolute atomic E-state index is 3.47. The standard InChI is InChI=1S/C10H21N/c1-9(2,3)8-6-11-7-10(8,4)5/h8,11H,6-7H2,1-5H3/t8-/m1/s1. The Kier molecular flexibility index (Phi) is 2.04. The van der Waals surface area contributed by atoms with Gasteiger partial charge in [0.25, 0.3) is 0 Å². The summed E-state index contributed by atoms with van der Waals surface area (Å²) >= 11 is 0. The third-order valence-corrected chi connectivity index (χ3v) is 2.92. The van der Waals surface area contributed by atoms with Crippen molar-refractivity contribution in [3.63, 3.8) is 0 Å². The average molecular weight is 155 g/mol. The predicted molar refractivity (Wildman–Crippen MR) is 49.6 cm³/mol. The highest BCUT2D eigenvalue weighted by molar-refractivity contribution is 4.94. The van der Waals surface area contributed by atoms with Crippen LogP contribution < -0.4 is 5.32 Å². The van der Waals surface area contributed by atoms with E-state index in [0.29, 0.717) is 10.8 Å². The molecule has 66 valence electrons. The summed E-state index contributed by atoms with van der Waals surface area (Å²) in [6, 6.07) is 0. The fraction of sp³-hybridized carbons (Fsp3) is 1.00. The van der Waals surface area contributed by atoms with Gasteiger partial charge in [-0.05, 0) is 23.3 Å². The molecule has 1 atom stereocenters. The quantitative estimate of drug-likeness (QED) is 0.566. The van der Waals surface area contributed by atoms with Crippen LogP contribution in [0.1, 0.15) is 34.6 Å². The van der Waals surface area contributed by atoms with Gasteiger partial charge in [-0.25, -0.2) is 0 Å². The van der Waals surface area contributed by atoms with Crippen LogP contribution in [0.25, 0.3) is 0 Å². The molecule has 1 fully saturated rings. The topological polar surface area (TPSA) is 12.0 Å². The van der Waals surface area contributed by atoms with Crippen molar-refractivity contribution >= 4 is 0 Å². The average Bonchev–Trinajstić information content (AvgIpc) is 2.06. The van der Waals surface area contributed by atoms with Crippen LogP contribution in [-0.4, -0.2) is 13.1 Å². The summed E-state index contributed by atoms with van der Waals surface area (Å²) in [6.07, 6.45) is 0. The molecular weight excluding hydrogens is 134 g/mol. The van der Waals surface area contributed by atoms with E-state index in [-0.39, 0.29) is 0 Å². The van der Waals surface area contributed by atoms with E-state index in [4.69, 9.17) is 0 Å². The summed E-state index contributed by atoms with van der Waals surface area (Å²) in [5.74, 6) is 0.815. The van der Waals surface area contributed by atoms with Gasteiger partial charge in [-0.15, -0.1) is 0 Å². The molecule has 1 rings (SSSR count). The van der Waals surface area contributed by atoms with Gasteiger partial charge >= 0.3 is 0 Å². The van der Waals surface area contributed by atoms with Crippen LogP contribution in [0.15, 0.2) is 0 Å². The molecule has 1 saturated heterocycles. The first-order valence-electron chi connectivity index (χ1n) is 4.55. The van der Waals surface area contributed by atoms with Crippen LogP contribution in [0, 0.1) is 16.7 Å². The van der Waals surface area contributed by atoms with E-state index < -0.39 is 0 Å². The Morgan fingerprint density at radius 1 is 1.27 bits per heavy atom. The number of rotatable bonds is 0. The van der Waals surface area contributed by atoms with Crippen molar-refractivity contribution in [1.82, 2.24) is 5.32 Å². The molecule has 0 aromatic heterocycles. The first-order valence-corrected chi connectivity index (χ1v) is 4.55. The molecule has 1 nitrogen and oxygen atoms in total. The molecule has 0 unspecified atom stereocenters. The van der Waals surface area contributed by atoms with E-state index in [1.165, 1.54) is 13.1 Å². The molecule has 0 spiro atoms. The molecule has 0 radical (unpaired) electrons. The highest BCUT2D eigenvalue weighted by atomic mass is 14.9. The van der Waals surface area contributed by atoms with Crippen molar-refractivity contribution in [3.8, 4) is 0 Å². The lowest BCUT2D eigenvalue weighted by Gasteiger charge is -2.36. The smallest absolute Gasteiger partial charge is 0.000597 e. The molecule has 0 amide bonds. The van der Waals surface area contributed by atoms with E-state index in [1.54, 1.807) is 0 Å². The third-order valence-electron chi connectivity index (χ3n) is 2.92. The first-order chi connectivity index (χ1) is 4.84. The number of hydrogen-bond acceptors (Lipinski definition) is 1. The fourth-order valence-corrected chi connectivity index (χ4v) is 2.42. The summed E-state index contributed by atoms with van der Waals surface area (Å²) in [6.45, 7) is 14.1. The monoisotopic (exact) mass is 155 g/mol. The Balaban J connectivity index is 2.73. The van der Waals surface area contributed by atoms with Gasteiger partial charge in [-0.1, -0.05) is 34.6 Å². The Morgan fingerprint density at radius 2 is 1.82 bits per heavy atom. The predicted octanol–water partition coefficient (Wildman–Crippen LogP) is 2.28. The van der Waals surface area contributed by atoms with Gasteiger partial charge < -0.3 is 5.32 Å². The summed E-state index contributed by atoms with van der Waals surface area (Å²) in [7, 11) is 0. The molecule has 0 aromatic carbocycles. The molecule has 11 heavy (non-hydrogen) atoms. The van der Waals surface area contributed by atoms with Gasteiger partial charge in [-0.3, -0.25) is 0 Å². The van der Waals surface area contributed by atoms with Gasteiger partial charge in [0.05, 0.1) is 0 Å². The summed E-state index contributed by atoms with van der Waals surface area (Å²) < 4.78 is 0. The maximum atomic E-state index is 3.47. The summed E-state index contributed by atoms with van der Waals surface area (Å²) in [4.78, 5) is 0. The van der Waals surface area contributed by atoms with Gasteiger partial charge in [0.15, 0.2) is 0 Å². The minimum Gasteiger partial charge on any atom is -0.316 e. The molecular formula is C10H21N. The minimum absolute atomic E-state index is 0.451. The minimum atomic E-state index is 0.451. The van der Waals surface area contributed by atoms with Crippen LogP contribution in [0.5, 0.6) is 0 Å². The molecule has 1 N–H and O–H groups in total. The van der Waals surface area contributed by atoms with Crippen molar-refractivity contribution in [3.05, 3.63) is 0 Å². The van der Waals surface area contributed by atoms with E-state index in [9.17, 15) is 0 Å². The van der Waals surface area contributed by atoms with Gasteiger partial charge in [0, 0.05) is 6.54 Å². The molecule has 0 saturated carbocycles. The molecule has 0 aromatic rings. The summed E-state index contributed by atoms with van der Waals surface area (Å²) in [5.41, 5.74) is 0.936. The van der Waals surface area contributed by atoms with Crippen molar-refractivity contribution in [2.24, 2.45) is 16.7 Å². The van der Waals surface area contributed by atoms with Crippen molar-refractivity contribution in [1.29, 1.82) is 0 Å². The lowest BCUT2D eigenvalue weighted by atomic mass is 9.68. The van der Waals surface area contributed by atoms with Crippen molar-refractivity contribution in [2.75, 3.05) is 13.1 Å². The normalized spacial score (nSPS) is 30.8. The zero-order valence-electron chi connectivity index (χ0n) is 8.49. The lowest BCUT2D eigenvalue weighted by molar-refractivity contribution is 0.140. The molecule has 1 heteroatoms. The SMILES string of the molecule is CC(C)(C)[C@H]1CNCC1(C)C. The van der Waals surface area contributed by atoms with Crippen molar-refractivity contribution in [2.45, 2.75) is 34.6 Å². The second-order valence-corrected chi connectivity index (χ2v) is 5.54. The second kappa shape index (κ2) is 2.48. The largest absolute Gasteiger partial charge is 0.316 e. The van der Waals surface area contributed by atoms with Crippen LogP contribution >= 0.6 is 0 Å². The Labute approximate surface area is 70.6 Å². The third kappa shape index (κ3) is 1.76. The molecule has 0 aliphatic carbocycles. The summed E-state index contributed by atoms with van der Waals surface area (Å²) in [5, 5.41) is 3.47. The molecule has 0 bridgehead atoms. The highest BCUT2D eigenvalue weighted by Gasteiger charge is 2.41. The Hall–Kier alpha value is -0.0400. The van der Waals surface area contributed by atoms with E-state index in [0.717, 1.165) is 5.92 Å². The maximum Gasteiger partial charge on any atom is 0.000597 e. The number of hydrogen-bond donors (Lipinski definition) is 1. The zero-order chi connectivity index (χ0) is 8.70. The Morgan fingerprint density at radius 3 is 2.00 bits per heavy atom. The van der Waals surface area contributed by atoms with Gasteiger partial charge in [0.1, 0.15) is 0 Å². The highest BCUT2D eigenvalue weighted by Crippen LogP contribution is 2.42. The molecule has 1 aliphatic heterocycles. The van der Waals surface area contributed by atoms with Crippen LogP contribution in [0.2, 0.25) is 0 Å². The lowest BCUT2D eigenvalue weighted by Crippen LogP contribution is -2.33. The Bertz CT molecular complexity index is 141. The van der Waals surface area contributed by atoms with E-state index in [1.807, 2.05) is 0 Å². The second-order valence-electron chi connectivity index (χ2n) is 5.54. The van der Waals surface area contributed by atoms with E-state index in [2.05, 4.69) is 39.9 Å². The number of nitrogens with one attached hydrogen (secondary N) is 1. The fourth-order valence-electron chi connectivity index (χ4n) is 2.42.